The molecule has 5 spiro atoms. The van der Waals surface area contributed by atoms with E-state index in [1.807, 2.05) is 32.1 Å². The SMILES string of the molecule is CC1(C)O[C@H]2[C@]3(CC[C@@H](CO)C3)C(=O)OC[C@]23[C@H]2CC[C@@]4(C)[C@H](c5ccoc5C[C@@H]([C@H]5CC[C@H]6[C@H](C=CN7CNC[C@H]67)C5)[C@H](O)CO)OC(=O)[C@H]5O[C@]54[C@@]24CC=C[C@@]13C(=O)[C@H]4O. The van der Waals surface area contributed by atoms with Crippen LogP contribution in [-0.2, 0) is 39.8 Å². The van der Waals surface area contributed by atoms with E-state index in [2.05, 4.69) is 29.4 Å². The highest BCUT2D eigenvalue weighted by molar-refractivity contribution is 5.98. The number of fused-ring (bicyclic) bond motifs is 6. The summed E-state index contributed by atoms with van der Waals surface area (Å²) in [6.45, 7) is 7.16. The number of cyclic esters (lactones) is 2. The number of carbonyl (C=O) groups is 3. The van der Waals surface area contributed by atoms with Gasteiger partial charge in [0.15, 0.2) is 11.9 Å². The Bertz CT molecular complexity index is 2150. The average molecular weight is 859 g/mol. The number of ketones is 1. The topological polar surface area (TPSA) is 201 Å². The van der Waals surface area contributed by atoms with Gasteiger partial charge in [0.05, 0.1) is 53.6 Å². The Morgan fingerprint density at radius 1 is 1.02 bits per heavy atom. The van der Waals surface area contributed by atoms with Crippen LogP contribution in [0.2, 0.25) is 0 Å². The van der Waals surface area contributed by atoms with E-state index in [1.165, 1.54) is 0 Å². The molecule has 0 unspecified atom stereocenters. The number of nitrogens with one attached hydrogen (secondary N) is 1. The lowest BCUT2D eigenvalue weighted by molar-refractivity contribution is -0.273. The van der Waals surface area contributed by atoms with Crippen LogP contribution in [0.1, 0.15) is 96.0 Å². The second-order valence-electron chi connectivity index (χ2n) is 22.2. The second-order valence-corrected chi connectivity index (χ2v) is 22.2. The lowest BCUT2D eigenvalue weighted by Gasteiger charge is -2.69. The fraction of sp³-hybridized carbons (Fsp3) is 0.771. The first-order chi connectivity index (χ1) is 29.7. The van der Waals surface area contributed by atoms with E-state index in [9.17, 15) is 30.0 Å². The molecule has 7 heterocycles. The van der Waals surface area contributed by atoms with E-state index in [4.69, 9.17) is 23.4 Å². The van der Waals surface area contributed by atoms with Crippen molar-refractivity contribution in [3.05, 3.63) is 48.1 Å². The Morgan fingerprint density at radius 3 is 2.65 bits per heavy atom. The van der Waals surface area contributed by atoms with Crippen molar-refractivity contribution in [1.29, 1.82) is 0 Å². The number of ether oxygens (including phenoxy) is 4. The van der Waals surface area contributed by atoms with Gasteiger partial charge in [-0.15, -0.1) is 0 Å². The molecular weight excluding hydrogens is 797 g/mol. The average Bonchev–Trinajstić information content (AvgIpc) is 3.55. The van der Waals surface area contributed by atoms with Gasteiger partial charge in [-0.2, -0.15) is 0 Å². The van der Waals surface area contributed by atoms with Crippen LogP contribution in [0.15, 0.2) is 41.2 Å². The molecule has 0 aromatic carbocycles. The summed E-state index contributed by atoms with van der Waals surface area (Å²) in [6, 6.07) is 2.31. The minimum Gasteiger partial charge on any atom is -0.469 e. The van der Waals surface area contributed by atoms with Gasteiger partial charge in [0, 0.05) is 42.0 Å². The third kappa shape index (κ3) is 4.45. The van der Waals surface area contributed by atoms with E-state index in [0.717, 1.165) is 32.5 Å². The Hall–Kier alpha value is -3.11. The number of epoxide rings is 1. The standard InChI is InChI=1S/C48H62N2O12/c1-42(2)47-12-4-11-45(35(54)36(47)55)34(46(47)23-59-41(57)44(40(46)62-42)14-7-25(19-44)21-51)8-13-43(3)37(60-39(56)38-48(43,45)61-38)29-10-16-58-33(29)18-30(32(53)22-52)26-5-6-28-27(17-26)9-15-50-24-49-20-31(28)50/h4,9-10,12,15-16,25-28,30-32,34-35,37-38,40,49,51-54H,5-8,11,13-14,17-24H2,1-3H3/t25-,26+,27-,28+,30+,31-,32-,34+,35-,37+,38-,40+,43+,44-,45+,46+,47-,48-/m1/s1. The number of aliphatic hydroxyl groups is 4. The van der Waals surface area contributed by atoms with Crippen LogP contribution < -0.4 is 5.32 Å². The lowest BCUT2D eigenvalue weighted by atomic mass is 9.32. The first-order valence-electron chi connectivity index (χ1n) is 23.5. The van der Waals surface area contributed by atoms with E-state index in [0.29, 0.717) is 67.7 Å². The summed E-state index contributed by atoms with van der Waals surface area (Å²) >= 11 is 0. The highest BCUT2D eigenvalue weighted by Crippen LogP contribution is 2.85. The van der Waals surface area contributed by atoms with Crippen molar-refractivity contribution in [3.8, 4) is 0 Å². The van der Waals surface area contributed by atoms with E-state index < -0.39 is 86.5 Å². The maximum Gasteiger partial charge on any atom is 0.339 e. The molecule has 62 heavy (non-hydrogen) atoms. The minimum absolute atomic E-state index is 0.0686. The molecule has 6 aliphatic heterocycles. The Labute approximate surface area is 361 Å². The monoisotopic (exact) mass is 858 g/mol. The van der Waals surface area contributed by atoms with Gasteiger partial charge in [0.1, 0.15) is 30.2 Å². The highest BCUT2D eigenvalue weighted by atomic mass is 16.7. The third-order valence-corrected chi connectivity index (χ3v) is 20.0. The second kappa shape index (κ2) is 13.0. The van der Waals surface area contributed by atoms with Gasteiger partial charge >= 0.3 is 11.9 Å². The number of rotatable bonds is 7. The van der Waals surface area contributed by atoms with Gasteiger partial charge in [-0.05, 0) is 119 Å². The quantitative estimate of drug-likeness (QED) is 0.152. The predicted molar refractivity (Wildman–Crippen MR) is 217 cm³/mol. The first kappa shape index (κ1) is 40.4. The van der Waals surface area contributed by atoms with Crippen LogP contribution >= 0.6 is 0 Å². The molecule has 18 atom stereocenters. The molecule has 336 valence electrons. The lowest BCUT2D eigenvalue weighted by Crippen LogP contribution is -2.80. The van der Waals surface area contributed by atoms with E-state index in [-0.39, 0.29) is 50.0 Å². The number of esters is 2. The third-order valence-electron chi connectivity index (χ3n) is 20.0. The molecule has 9 fully saturated rings. The molecule has 2 bridgehead atoms. The summed E-state index contributed by atoms with van der Waals surface area (Å²) < 4.78 is 33.1. The van der Waals surface area contributed by atoms with Gasteiger partial charge in [-0.3, -0.25) is 14.9 Å². The molecule has 14 heteroatoms. The highest BCUT2D eigenvalue weighted by Gasteiger charge is 2.95. The molecule has 0 radical (unpaired) electrons. The molecule has 0 amide bonds. The molecule has 1 aromatic rings. The van der Waals surface area contributed by atoms with Gasteiger partial charge in [-0.25, -0.2) is 4.79 Å². The molecule has 6 aliphatic carbocycles. The number of carbonyl (C=O) groups excluding carboxylic acids is 3. The number of nitrogens with zero attached hydrogens (tertiary/aromatic N) is 1. The number of Topliss-reactive ketones (excluding diaryl/α,β-unsaturated/α-hetero) is 1. The van der Waals surface area contributed by atoms with Crippen LogP contribution in [0.5, 0.6) is 0 Å². The van der Waals surface area contributed by atoms with Crippen LogP contribution in [0.4, 0.5) is 0 Å². The Balaban J connectivity index is 0.931. The normalized spacial score (nSPS) is 51.0. The van der Waals surface area contributed by atoms with Crippen molar-refractivity contribution in [1.82, 2.24) is 10.2 Å². The Morgan fingerprint density at radius 2 is 1.85 bits per heavy atom. The molecular formula is C48H62N2O12. The number of furan rings is 1. The largest absolute Gasteiger partial charge is 0.469 e. The molecule has 4 saturated carbocycles. The Kier molecular flexibility index (Phi) is 8.49. The molecule has 5 saturated heterocycles. The van der Waals surface area contributed by atoms with E-state index in [1.54, 1.807) is 6.26 Å². The fourth-order valence-corrected chi connectivity index (χ4v) is 17.5. The molecule has 5 N–H and O–H groups in total. The van der Waals surface area contributed by atoms with Crippen LogP contribution in [0.25, 0.3) is 0 Å². The van der Waals surface area contributed by atoms with Crippen LogP contribution in [0.3, 0.4) is 0 Å². The van der Waals surface area contributed by atoms with Crippen LogP contribution in [-0.4, -0.2) is 118 Å². The van der Waals surface area contributed by atoms with Crippen molar-refractivity contribution in [3.63, 3.8) is 0 Å². The summed E-state index contributed by atoms with van der Waals surface area (Å²) in [7, 11) is 0. The van der Waals surface area contributed by atoms with Crippen LogP contribution in [0, 0.1) is 62.6 Å². The van der Waals surface area contributed by atoms with Crippen molar-refractivity contribution in [2.75, 3.05) is 33.0 Å². The van der Waals surface area contributed by atoms with Crippen molar-refractivity contribution < 1.29 is 58.2 Å². The smallest absolute Gasteiger partial charge is 0.339 e. The maximum atomic E-state index is 15.6. The minimum atomic E-state index is -1.53. The summed E-state index contributed by atoms with van der Waals surface area (Å²) in [5, 5.41) is 48.7. The molecule has 12 aliphatic rings. The van der Waals surface area contributed by atoms with Crippen molar-refractivity contribution >= 4 is 17.7 Å². The van der Waals surface area contributed by atoms with Crippen molar-refractivity contribution in [2.24, 2.45) is 62.6 Å². The maximum absolute atomic E-state index is 15.6. The summed E-state index contributed by atoms with van der Waals surface area (Å²) in [6.07, 6.45) is 10.8. The number of hydrogen-bond acceptors (Lipinski definition) is 14. The van der Waals surface area contributed by atoms with Gasteiger partial charge < -0.3 is 48.7 Å². The summed E-state index contributed by atoms with van der Waals surface area (Å²) in [5.74, 6) is -0.620. The molecule has 13 rings (SSSR count). The van der Waals surface area contributed by atoms with Gasteiger partial charge in [-0.1, -0.05) is 25.2 Å². The van der Waals surface area contributed by atoms with Gasteiger partial charge in [0.2, 0.25) is 0 Å². The number of hydrogen-bond donors (Lipinski definition) is 5. The predicted octanol–water partition coefficient (Wildman–Crippen LogP) is 3.11. The zero-order chi connectivity index (χ0) is 43.0. The zero-order valence-electron chi connectivity index (χ0n) is 36.0. The number of aliphatic hydroxyl groups excluding tert-OH is 4. The first-order valence-corrected chi connectivity index (χ1v) is 23.5. The van der Waals surface area contributed by atoms with Gasteiger partial charge in [0.25, 0.3) is 0 Å². The number of allylic oxidation sites excluding steroid dienone is 2. The summed E-state index contributed by atoms with van der Waals surface area (Å²) in [5.41, 5.74) is -7.57. The van der Waals surface area contributed by atoms with E-state index >= 15 is 4.79 Å². The molecule has 14 nitrogen and oxygen atoms in total. The molecule has 1 aromatic heterocycles. The summed E-state index contributed by atoms with van der Waals surface area (Å²) in [4.78, 5) is 46.6. The zero-order valence-corrected chi connectivity index (χ0v) is 36.0. The fourth-order valence-electron chi connectivity index (χ4n) is 17.5. The van der Waals surface area contributed by atoms with Crippen molar-refractivity contribution in [2.45, 2.75) is 133 Å².